The monoisotopic (exact) mass is 352 g/mol. The van der Waals surface area contributed by atoms with E-state index in [1.807, 2.05) is 30.3 Å². The van der Waals surface area contributed by atoms with Crippen LogP contribution in [0.25, 0.3) is 11.1 Å². The summed E-state index contributed by atoms with van der Waals surface area (Å²) in [6, 6.07) is 13.8. The summed E-state index contributed by atoms with van der Waals surface area (Å²) in [5, 5.41) is 0. The first kappa shape index (κ1) is 16.9. The zero-order chi connectivity index (χ0) is 18.1. The third kappa shape index (κ3) is 3.40. The number of rotatable bonds is 4. The van der Waals surface area contributed by atoms with E-state index < -0.39 is 0 Å². The van der Waals surface area contributed by atoms with Gasteiger partial charge in [-0.3, -0.25) is 9.47 Å². The number of benzene rings is 2. The molecule has 1 fully saturated rings. The Kier molecular flexibility index (Phi) is 4.55. The Balaban J connectivity index is 1.38. The SMILES string of the molecule is Cc1ccc(OC2CCN(Cn3c(=O)oc4ccccc43)CC2)cc1C. The van der Waals surface area contributed by atoms with E-state index in [0.717, 1.165) is 37.2 Å². The number of piperidine rings is 1. The highest BCUT2D eigenvalue weighted by molar-refractivity contribution is 5.72. The predicted octanol–water partition coefficient (Wildman–Crippen LogP) is 3.71. The molecule has 1 aliphatic rings. The Labute approximate surface area is 152 Å². The number of likely N-dealkylation sites (tertiary alicyclic amines) is 1. The van der Waals surface area contributed by atoms with Crippen molar-refractivity contribution in [3.05, 3.63) is 64.1 Å². The maximum Gasteiger partial charge on any atom is 0.421 e. The van der Waals surface area contributed by atoms with Crippen LogP contribution in [-0.4, -0.2) is 28.7 Å². The van der Waals surface area contributed by atoms with Gasteiger partial charge in [0.25, 0.3) is 0 Å². The first-order chi connectivity index (χ1) is 12.6. The Morgan fingerprint density at radius 3 is 2.62 bits per heavy atom. The molecule has 1 saturated heterocycles. The van der Waals surface area contributed by atoms with Gasteiger partial charge in [-0.2, -0.15) is 0 Å². The van der Waals surface area contributed by atoms with E-state index in [1.54, 1.807) is 4.57 Å². The molecule has 0 spiro atoms. The van der Waals surface area contributed by atoms with Crippen molar-refractivity contribution in [2.75, 3.05) is 13.1 Å². The second-order valence-corrected chi connectivity index (χ2v) is 7.09. The summed E-state index contributed by atoms with van der Waals surface area (Å²) >= 11 is 0. The molecule has 2 aromatic carbocycles. The molecule has 0 aliphatic carbocycles. The summed E-state index contributed by atoms with van der Waals surface area (Å²) in [5.41, 5.74) is 4.03. The van der Waals surface area contributed by atoms with Crippen LogP contribution in [0.5, 0.6) is 5.75 Å². The first-order valence-electron chi connectivity index (χ1n) is 9.15. The molecule has 0 N–H and O–H groups in total. The highest BCUT2D eigenvalue weighted by Crippen LogP contribution is 2.22. The normalized spacial score (nSPS) is 16.2. The Morgan fingerprint density at radius 1 is 1.08 bits per heavy atom. The molecule has 0 unspecified atom stereocenters. The smallest absolute Gasteiger partial charge is 0.421 e. The van der Waals surface area contributed by atoms with Crippen LogP contribution in [0, 0.1) is 13.8 Å². The van der Waals surface area contributed by atoms with Gasteiger partial charge in [0.1, 0.15) is 11.9 Å². The fourth-order valence-electron chi connectivity index (χ4n) is 3.50. The topological polar surface area (TPSA) is 47.6 Å². The molecule has 136 valence electrons. The van der Waals surface area contributed by atoms with Crippen LogP contribution >= 0.6 is 0 Å². The molecule has 0 radical (unpaired) electrons. The van der Waals surface area contributed by atoms with Crippen molar-refractivity contribution in [1.82, 2.24) is 9.47 Å². The molecular weight excluding hydrogens is 328 g/mol. The molecule has 0 atom stereocenters. The number of aryl methyl sites for hydroxylation is 2. The van der Waals surface area contributed by atoms with E-state index in [0.29, 0.717) is 12.3 Å². The fraction of sp³-hybridized carbons (Fsp3) is 0.381. The van der Waals surface area contributed by atoms with Gasteiger partial charge < -0.3 is 9.15 Å². The zero-order valence-electron chi connectivity index (χ0n) is 15.3. The van der Waals surface area contributed by atoms with Crippen LogP contribution in [-0.2, 0) is 6.67 Å². The number of ether oxygens (including phenoxy) is 1. The molecule has 3 aromatic rings. The van der Waals surface area contributed by atoms with Crippen molar-refractivity contribution in [3.63, 3.8) is 0 Å². The van der Waals surface area contributed by atoms with Crippen LogP contribution in [0.4, 0.5) is 0 Å². The molecular formula is C21H24N2O3. The summed E-state index contributed by atoms with van der Waals surface area (Å²) in [7, 11) is 0. The molecule has 26 heavy (non-hydrogen) atoms. The molecule has 0 saturated carbocycles. The third-order valence-electron chi connectivity index (χ3n) is 5.23. The third-order valence-corrected chi connectivity index (χ3v) is 5.23. The number of aromatic nitrogens is 1. The molecule has 5 nitrogen and oxygen atoms in total. The van der Waals surface area contributed by atoms with Crippen molar-refractivity contribution in [2.24, 2.45) is 0 Å². The number of oxazole rings is 1. The highest BCUT2D eigenvalue weighted by Gasteiger charge is 2.22. The summed E-state index contributed by atoms with van der Waals surface area (Å²) in [5.74, 6) is 0.656. The maximum absolute atomic E-state index is 12.1. The number of nitrogens with zero attached hydrogens (tertiary/aromatic N) is 2. The fourth-order valence-corrected chi connectivity index (χ4v) is 3.50. The molecule has 1 aromatic heterocycles. The van der Waals surface area contributed by atoms with Gasteiger partial charge in [0, 0.05) is 13.1 Å². The molecule has 1 aliphatic heterocycles. The van der Waals surface area contributed by atoms with Crippen LogP contribution in [0.2, 0.25) is 0 Å². The Hall–Kier alpha value is -2.53. The average molecular weight is 352 g/mol. The highest BCUT2D eigenvalue weighted by atomic mass is 16.5. The summed E-state index contributed by atoms with van der Waals surface area (Å²) < 4.78 is 13.2. The first-order valence-corrected chi connectivity index (χ1v) is 9.15. The van der Waals surface area contributed by atoms with Gasteiger partial charge in [-0.15, -0.1) is 0 Å². The van der Waals surface area contributed by atoms with Crippen LogP contribution in [0.3, 0.4) is 0 Å². The quantitative estimate of drug-likeness (QED) is 0.718. The maximum atomic E-state index is 12.1. The van der Waals surface area contributed by atoms with Crippen LogP contribution in [0.1, 0.15) is 24.0 Å². The minimum atomic E-state index is -0.292. The lowest BCUT2D eigenvalue weighted by molar-refractivity contribution is 0.0828. The van der Waals surface area contributed by atoms with Crippen LogP contribution < -0.4 is 10.5 Å². The predicted molar refractivity (Wildman–Crippen MR) is 102 cm³/mol. The van der Waals surface area contributed by atoms with Crippen molar-refractivity contribution in [1.29, 1.82) is 0 Å². The van der Waals surface area contributed by atoms with Crippen molar-refractivity contribution in [3.8, 4) is 5.75 Å². The number of para-hydroxylation sites is 2. The number of hydrogen-bond acceptors (Lipinski definition) is 4. The number of fused-ring (bicyclic) bond motifs is 1. The van der Waals surface area contributed by atoms with Gasteiger partial charge in [0.05, 0.1) is 12.2 Å². The Bertz CT molecular complexity index is 965. The standard InChI is InChI=1S/C21H24N2O3/c1-15-7-8-18(13-16(15)2)25-17-9-11-22(12-10-17)14-23-19-5-3-4-6-20(19)26-21(23)24/h3-8,13,17H,9-12,14H2,1-2H3. The van der Waals surface area contributed by atoms with Crippen molar-refractivity contribution >= 4 is 11.1 Å². The van der Waals surface area contributed by atoms with E-state index in [9.17, 15) is 4.79 Å². The van der Waals surface area contributed by atoms with Gasteiger partial charge in [-0.1, -0.05) is 18.2 Å². The van der Waals surface area contributed by atoms with Gasteiger partial charge in [0.2, 0.25) is 0 Å². The van der Waals surface area contributed by atoms with E-state index in [1.165, 1.54) is 11.1 Å². The van der Waals surface area contributed by atoms with E-state index in [2.05, 4.69) is 30.9 Å². The summed E-state index contributed by atoms with van der Waals surface area (Å²) in [4.78, 5) is 14.4. The largest absolute Gasteiger partial charge is 0.490 e. The lowest BCUT2D eigenvalue weighted by atomic mass is 10.1. The summed E-state index contributed by atoms with van der Waals surface area (Å²) in [6.07, 6.45) is 2.14. The molecule has 5 heteroatoms. The van der Waals surface area contributed by atoms with Crippen LogP contribution in [0.15, 0.2) is 51.7 Å². The van der Waals surface area contributed by atoms with Gasteiger partial charge in [-0.05, 0) is 62.1 Å². The van der Waals surface area contributed by atoms with E-state index >= 15 is 0 Å². The Morgan fingerprint density at radius 2 is 1.85 bits per heavy atom. The molecule has 4 rings (SSSR count). The minimum absolute atomic E-state index is 0.228. The molecule has 2 heterocycles. The molecule has 0 bridgehead atoms. The number of hydrogen-bond donors (Lipinski definition) is 0. The van der Waals surface area contributed by atoms with Gasteiger partial charge in [0.15, 0.2) is 5.58 Å². The molecule has 0 amide bonds. The van der Waals surface area contributed by atoms with E-state index in [4.69, 9.17) is 9.15 Å². The summed E-state index contributed by atoms with van der Waals surface area (Å²) in [6.45, 7) is 6.59. The second kappa shape index (κ2) is 7.00. The van der Waals surface area contributed by atoms with Gasteiger partial charge in [-0.25, -0.2) is 4.79 Å². The van der Waals surface area contributed by atoms with Gasteiger partial charge >= 0.3 is 5.76 Å². The lowest BCUT2D eigenvalue weighted by Gasteiger charge is -2.32. The minimum Gasteiger partial charge on any atom is -0.490 e. The van der Waals surface area contributed by atoms with Crippen molar-refractivity contribution in [2.45, 2.75) is 39.5 Å². The van der Waals surface area contributed by atoms with Crippen molar-refractivity contribution < 1.29 is 9.15 Å². The second-order valence-electron chi connectivity index (χ2n) is 7.09. The zero-order valence-corrected chi connectivity index (χ0v) is 15.3. The average Bonchev–Trinajstić information content (AvgIpc) is 2.95. The lowest BCUT2D eigenvalue weighted by Crippen LogP contribution is -2.40. The van der Waals surface area contributed by atoms with E-state index in [-0.39, 0.29) is 11.9 Å².